The van der Waals surface area contributed by atoms with E-state index < -0.39 is 17.2 Å². The maximum absolute atomic E-state index is 12.2. The Morgan fingerprint density at radius 3 is 2.39 bits per heavy atom. The third-order valence-corrected chi connectivity index (χ3v) is 3.70. The Kier molecular flexibility index (Phi) is 4.47. The van der Waals surface area contributed by atoms with Crippen molar-refractivity contribution in [3.8, 4) is 0 Å². The van der Waals surface area contributed by atoms with E-state index in [0.29, 0.717) is 16.8 Å². The van der Waals surface area contributed by atoms with Gasteiger partial charge in [0.05, 0.1) is 0 Å². The van der Waals surface area contributed by atoms with Gasteiger partial charge in [0, 0.05) is 30.1 Å². The number of ketones is 2. The highest BCUT2D eigenvalue weighted by molar-refractivity contribution is 6.25. The van der Waals surface area contributed by atoms with Crippen molar-refractivity contribution in [3.05, 3.63) is 53.3 Å². The molecule has 6 nitrogen and oxygen atoms in total. The molecule has 0 saturated heterocycles. The quantitative estimate of drug-likeness (QED) is 0.575. The van der Waals surface area contributed by atoms with Crippen molar-refractivity contribution in [2.24, 2.45) is 0 Å². The summed E-state index contributed by atoms with van der Waals surface area (Å²) in [5, 5.41) is 15.4. The summed E-state index contributed by atoms with van der Waals surface area (Å²) in [7, 11) is 1.55. The van der Waals surface area contributed by atoms with Gasteiger partial charge in [-0.15, -0.1) is 0 Å². The summed E-state index contributed by atoms with van der Waals surface area (Å²) < 4.78 is 0. The summed E-state index contributed by atoms with van der Waals surface area (Å²) in [5.74, 6) is -1.45. The topological polar surface area (TPSA) is 95.5 Å². The van der Waals surface area contributed by atoms with Crippen molar-refractivity contribution < 1.29 is 19.5 Å². The summed E-state index contributed by atoms with van der Waals surface area (Å²) in [6.45, 7) is 2.82. The lowest BCUT2D eigenvalue weighted by molar-refractivity contribution is -0.144. The lowest BCUT2D eigenvalue weighted by Gasteiger charge is -2.25. The first-order valence-corrected chi connectivity index (χ1v) is 7.06. The first kappa shape index (κ1) is 16.6. The van der Waals surface area contributed by atoms with Gasteiger partial charge in [-0.25, -0.2) is 0 Å². The number of hydrogen-bond acceptors (Lipinski definition) is 5. The molecule has 0 aliphatic heterocycles. The van der Waals surface area contributed by atoms with Crippen molar-refractivity contribution in [3.63, 3.8) is 0 Å². The van der Waals surface area contributed by atoms with Crippen LogP contribution in [0, 0.1) is 0 Å². The van der Waals surface area contributed by atoms with Crippen LogP contribution in [0.1, 0.15) is 24.2 Å². The monoisotopic (exact) mass is 314 g/mol. The van der Waals surface area contributed by atoms with Crippen molar-refractivity contribution >= 4 is 23.2 Å². The molecule has 0 heterocycles. The average molecular weight is 314 g/mol. The van der Waals surface area contributed by atoms with Crippen LogP contribution in [0.25, 0.3) is 0 Å². The van der Waals surface area contributed by atoms with Crippen LogP contribution in [-0.4, -0.2) is 35.2 Å². The number of nitrogens with one attached hydrogen (secondary N) is 2. The fourth-order valence-electron chi connectivity index (χ4n) is 2.17. The molecule has 0 bridgehead atoms. The molecule has 1 aromatic carbocycles. The smallest absolute Gasteiger partial charge is 0.251 e. The minimum absolute atomic E-state index is 0.189. The molecule has 0 spiro atoms. The largest absolute Gasteiger partial charge is 0.374 e. The molecule has 1 amide bonds. The Labute approximate surface area is 133 Å². The van der Waals surface area contributed by atoms with Gasteiger partial charge in [0.25, 0.3) is 5.91 Å². The van der Waals surface area contributed by atoms with Gasteiger partial charge in [0.2, 0.25) is 5.78 Å². The summed E-state index contributed by atoms with van der Waals surface area (Å²) >= 11 is 0. The molecule has 120 valence electrons. The summed E-state index contributed by atoms with van der Waals surface area (Å²) in [5.41, 5.74) is -0.117. The number of anilines is 1. The molecule has 0 aromatic heterocycles. The van der Waals surface area contributed by atoms with Crippen LogP contribution in [-0.2, 0) is 9.59 Å². The second-order valence-electron chi connectivity index (χ2n) is 5.45. The predicted molar refractivity (Wildman–Crippen MR) is 85.9 cm³/mol. The van der Waals surface area contributed by atoms with Crippen molar-refractivity contribution in [1.82, 2.24) is 5.32 Å². The summed E-state index contributed by atoms with van der Waals surface area (Å²) in [6.07, 6.45) is 2.70. The van der Waals surface area contributed by atoms with Crippen LogP contribution >= 0.6 is 0 Å². The maximum Gasteiger partial charge on any atom is 0.251 e. The van der Waals surface area contributed by atoms with E-state index >= 15 is 0 Å². The van der Waals surface area contributed by atoms with Crippen LogP contribution < -0.4 is 10.6 Å². The zero-order chi connectivity index (χ0) is 17.2. The maximum atomic E-state index is 12.2. The highest BCUT2D eigenvalue weighted by atomic mass is 16.3. The van der Waals surface area contributed by atoms with Crippen LogP contribution in [0.2, 0.25) is 0 Å². The Morgan fingerprint density at radius 1 is 1.22 bits per heavy atom. The van der Waals surface area contributed by atoms with Gasteiger partial charge in [-0.2, -0.15) is 0 Å². The molecule has 3 N–H and O–H groups in total. The molecule has 1 aliphatic carbocycles. The molecule has 1 atom stereocenters. The zero-order valence-electron chi connectivity index (χ0n) is 13.1. The van der Waals surface area contributed by atoms with Gasteiger partial charge in [0.1, 0.15) is 0 Å². The van der Waals surface area contributed by atoms with Crippen LogP contribution in [0.15, 0.2) is 47.7 Å². The number of benzene rings is 1. The van der Waals surface area contributed by atoms with Gasteiger partial charge in [-0.1, -0.05) is 0 Å². The molecule has 2 rings (SSSR count). The number of allylic oxidation sites excluding steroid dienone is 1. The van der Waals surface area contributed by atoms with Crippen molar-refractivity contribution in [1.29, 1.82) is 0 Å². The van der Waals surface area contributed by atoms with Gasteiger partial charge in [-0.3, -0.25) is 14.4 Å². The molecule has 0 fully saturated rings. The number of carbonyl (C=O) groups is 3. The molecule has 23 heavy (non-hydrogen) atoms. The van der Waals surface area contributed by atoms with E-state index in [-0.39, 0.29) is 11.5 Å². The molecule has 0 saturated carbocycles. The average Bonchev–Trinajstić information content (AvgIpc) is 2.53. The third kappa shape index (κ3) is 3.22. The van der Waals surface area contributed by atoms with Gasteiger partial charge < -0.3 is 15.7 Å². The van der Waals surface area contributed by atoms with Crippen LogP contribution in [0.3, 0.4) is 0 Å². The first-order valence-electron chi connectivity index (χ1n) is 7.06. The minimum Gasteiger partial charge on any atom is -0.374 e. The van der Waals surface area contributed by atoms with E-state index in [1.54, 1.807) is 38.2 Å². The molecule has 0 radical (unpaired) electrons. The Balaban J connectivity index is 2.22. The number of Topliss-reactive ketones (excluding diaryl/α,β-unsaturated/α-hetero) is 1. The fourth-order valence-corrected chi connectivity index (χ4v) is 2.17. The first-order chi connectivity index (χ1) is 10.8. The van der Waals surface area contributed by atoms with Gasteiger partial charge in [-0.05, 0) is 49.8 Å². The molecular weight excluding hydrogens is 296 g/mol. The fraction of sp³-hybridized carbons (Fsp3) is 0.235. The second kappa shape index (κ2) is 6.18. The predicted octanol–water partition coefficient (Wildman–Crippen LogP) is 1.19. The van der Waals surface area contributed by atoms with E-state index in [1.807, 2.05) is 0 Å². The SMILES string of the molecule is CNC(=O)c1ccc(N/C=C2\C(=O)[C@](C)(O)C(=O)C=C2C)cc1. The lowest BCUT2D eigenvalue weighted by atomic mass is 9.82. The van der Waals surface area contributed by atoms with E-state index in [0.717, 1.165) is 0 Å². The Hall–Kier alpha value is -2.73. The van der Waals surface area contributed by atoms with Crippen molar-refractivity contribution in [2.75, 3.05) is 12.4 Å². The van der Waals surface area contributed by atoms with E-state index in [9.17, 15) is 19.5 Å². The van der Waals surface area contributed by atoms with E-state index in [2.05, 4.69) is 10.6 Å². The van der Waals surface area contributed by atoms with Crippen LogP contribution in [0.4, 0.5) is 5.69 Å². The third-order valence-electron chi connectivity index (χ3n) is 3.70. The number of aliphatic hydroxyl groups is 1. The number of rotatable bonds is 3. The molecule has 0 unspecified atom stereocenters. The van der Waals surface area contributed by atoms with E-state index in [1.165, 1.54) is 19.2 Å². The van der Waals surface area contributed by atoms with Crippen molar-refractivity contribution in [2.45, 2.75) is 19.4 Å². The summed E-state index contributed by atoms with van der Waals surface area (Å²) in [4.78, 5) is 35.3. The highest BCUT2D eigenvalue weighted by Crippen LogP contribution is 2.26. The minimum atomic E-state index is -2.03. The Bertz CT molecular complexity index is 727. The van der Waals surface area contributed by atoms with Gasteiger partial charge in [0.15, 0.2) is 11.4 Å². The highest BCUT2D eigenvalue weighted by Gasteiger charge is 2.42. The number of amides is 1. The van der Waals surface area contributed by atoms with Gasteiger partial charge >= 0.3 is 0 Å². The van der Waals surface area contributed by atoms with Crippen LogP contribution in [0.5, 0.6) is 0 Å². The lowest BCUT2D eigenvalue weighted by Crippen LogP contribution is -2.46. The number of hydrogen-bond donors (Lipinski definition) is 3. The molecule has 6 heteroatoms. The Morgan fingerprint density at radius 2 is 1.83 bits per heavy atom. The molecule has 1 aliphatic rings. The second-order valence-corrected chi connectivity index (χ2v) is 5.45. The molecular formula is C17H18N2O4. The molecule has 1 aromatic rings. The summed E-state index contributed by atoms with van der Waals surface area (Å²) in [6, 6.07) is 6.67. The normalized spacial score (nSPS) is 22.8. The van der Waals surface area contributed by atoms with E-state index in [4.69, 9.17) is 0 Å². The number of carbonyl (C=O) groups excluding carboxylic acids is 3. The zero-order valence-corrected chi connectivity index (χ0v) is 13.1. The standard InChI is InChI=1S/C17H18N2O4/c1-10-8-14(20)17(2,23)15(21)13(10)9-19-12-6-4-11(5-7-12)16(22)18-3/h4-9,19,23H,1-3H3,(H,18,22)/b13-9-/t17-/m1/s1.